The smallest absolute Gasteiger partial charge is 0.257 e. The molecule has 1 fully saturated rings. The van der Waals surface area contributed by atoms with Crippen molar-refractivity contribution in [2.45, 2.75) is 165 Å². The summed E-state index contributed by atoms with van der Waals surface area (Å²) in [6.07, 6.45) is 8.41. The topological polar surface area (TPSA) is 152 Å². The predicted octanol–water partition coefficient (Wildman–Crippen LogP) is 10.3. The van der Waals surface area contributed by atoms with Gasteiger partial charge in [0.1, 0.15) is 11.5 Å². The number of amides is 1. The summed E-state index contributed by atoms with van der Waals surface area (Å²) in [5.41, 5.74) is 7.85. The summed E-state index contributed by atoms with van der Waals surface area (Å²) in [5, 5.41) is 42.7. The number of nitrogens with zero attached hydrogens (tertiary/aromatic N) is 7. The van der Waals surface area contributed by atoms with Crippen molar-refractivity contribution in [2.75, 3.05) is 46.3 Å². The van der Waals surface area contributed by atoms with Crippen molar-refractivity contribution in [1.29, 1.82) is 0 Å². The first-order valence-electron chi connectivity index (χ1n) is 24.8. The molecule has 67 heavy (non-hydrogen) atoms. The molecule has 0 bridgehead atoms. The molecule has 0 aliphatic carbocycles. The Labute approximate surface area is 400 Å². The zero-order chi connectivity index (χ0) is 49.6. The average Bonchev–Trinajstić information content (AvgIpc) is 3.99. The summed E-state index contributed by atoms with van der Waals surface area (Å²) in [7, 11) is 1.65. The highest BCUT2D eigenvalue weighted by atomic mass is 19.3. The van der Waals surface area contributed by atoms with Crippen LogP contribution in [0.4, 0.5) is 8.78 Å². The Morgan fingerprint density at radius 3 is 2.24 bits per heavy atom. The van der Waals surface area contributed by atoms with E-state index in [1.807, 2.05) is 38.7 Å². The summed E-state index contributed by atoms with van der Waals surface area (Å²) in [5.74, 6) is 1.47. The highest BCUT2D eigenvalue weighted by Crippen LogP contribution is 2.38. The van der Waals surface area contributed by atoms with Crippen molar-refractivity contribution >= 4 is 11.6 Å². The lowest BCUT2D eigenvalue weighted by Gasteiger charge is -2.41. The molecule has 0 spiro atoms. The molecule has 4 heterocycles. The molecule has 3 aliphatic rings. The van der Waals surface area contributed by atoms with Crippen LogP contribution in [0.5, 0.6) is 0 Å². The van der Waals surface area contributed by atoms with Gasteiger partial charge in [0, 0.05) is 69.9 Å². The number of rotatable bonds is 20. The number of piperazine rings is 1. The molecule has 4 N–H and O–H groups in total. The molecule has 13 nitrogen and oxygen atoms in total. The summed E-state index contributed by atoms with van der Waals surface area (Å²) < 4.78 is 31.5. The van der Waals surface area contributed by atoms with Gasteiger partial charge in [-0.15, -0.1) is 5.10 Å². The van der Waals surface area contributed by atoms with E-state index in [0.717, 1.165) is 92.5 Å². The Balaban J connectivity index is 0.000000530. The number of alkyl halides is 2. The van der Waals surface area contributed by atoms with E-state index in [-0.39, 0.29) is 17.6 Å². The molecule has 2 aromatic rings. The number of hydrogen-bond acceptors (Lipinski definition) is 11. The summed E-state index contributed by atoms with van der Waals surface area (Å²) >= 11 is 0. The van der Waals surface area contributed by atoms with E-state index in [0.29, 0.717) is 75.0 Å². The fraction of sp³-hybridized carbons (Fsp3) is 0.615. The molecule has 0 radical (unpaired) electrons. The second-order valence-electron chi connectivity index (χ2n) is 16.8. The molecule has 1 aromatic heterocycles. The number of aliphatic imine (C=N–C) groups is 1. The van der Waals surface area contributed by atoms with Crippen molar-refractivity contribution in [1.82, 2.24) is 34.8 Å². The number of halogens is 2. The van der Waals surface area contributed by atoms with Crippen LogP contribution in [-0.2, 0) is 22.7 Å². The summed E-state index contributed by atoms with van der Waals surface area (Å²) in [4.78, 5) is 27.2. The van der Waals surface area contributed by atoms with Crippen LogP contribution in [0.25, 0.3) is 11.4 Å². The number of aliphatic hydroxyl groups excluding tert-OH is 3. The number of aliphatic hydroxyl groups is 3. The minimum Gasteiger partial charge on any atom is -0.504 e. The maximum absolute atomic E-state index is 12.1. The van der Waals surface area contributed by atoms with Crippen LogP contribution in [0.2, 0.25) is 0 Å². The van der Waals surface area contributed by atoms with Crippen LogP contribution in [0.3, 0.4) is 0 Å². The number of unbranched alkanes of at least 4 members (excludes halogenated alkanes) is 1. The second-order valence-corrected chi connectivity index (χ2v) is 16.8. The number of nitrogens with one attached hydrogen (secondary N) is 1. The molecule has 1 amide bonds. The third-order valence-electron chi connectivity index (χ3n) is 12.1. The fourth-order valence-electron chi connectivity index (χ4n) is 8.65. The monoisotopic (exact) mass is 937 g/mol. The van der Waals surface area contributed by atoms with Gasteiger partial charge >= 0.3 is 0 Å². The Morgan fingerprint density at radius 1 is 1.00 bits per heavy atom. The van der Waals surface area contributed by atoms with Crippen molar-refractivity contribution < 1.29 is 33.6 Å². The van der Waals surface area contributed by atoms with E-state index in [4.69, 9.17) is 14.8 Å². The van der Waals surface area contributed by atoms with Gasteiger partial charge in [-0.1, -0.05) is 93.0 Å². The number of fused-ring (bicyclic) bond motifs is 2. The van der Waals surface area contributed by atoms with Crippen LogP contribution in [-0.4, -0.2) is 115 Å². The second kappa shape index (κ2) is 29.2. The van der Waals surface area contributed by atoms with Gasteiger partial charge in [-0.05, 0) is 92.4 Å². The first-order chi connectivity index (χ1) is 32.3. The third kappa shape index (κ3) is 15.4. The first kappa shape index (κ1) is 56.6. The van der Waals surface area contributed by atoms with Crippen molar-refractivity contribution in [3.8, 4) is 11.4 Å². The minimum atomic E-state index is -2.48. The number of carbonyl (C=O) groups is 1. The molecule has 1 saturated heterocycles. The number of aromatic nitrogens is 3. The highest BCUT2D eigenvalue weighted by molar-refractivity contribution is 6.01. The van der Waals surface area contributed by atoms with E-state index in [9.17, 15) is 28.9 Å². The number of allylic oxidation sites excluding steroid dienone is 7. The maximum Gasteiger partial charge on any atom is 0.257 e. The molecular weight excluding hydrogens is 855 g/mol. The zero-order valence-corrected chi connectivity index (χ0v) is 42.4. The van der Waals surface area contributed by atoms with E-state index in [1.165, 1.54) is 17.2 Å². The molecule has 1 aromatic carbocycles. The largest absolute Gasteiger partial charge is 0.504 e. The molecule has 0 saturated carbocycles. The van der Waals surface area contributed by atoms with E-state index >= 15 is 0 Å². The lowest BCUT2D eigenvalue weighted by atomic mass is 9.97. The minimum absolute atomic E-state index is 0.0918. The van der Waals surface area contributed by atoms with Gasteiger partial charge in [-0.3, -0.25) is 14.7 Å². The van der Waals surface area contributed by atoms with Crippen LogP contribution in [0.1, 0.15) is 156 Å². The molecule has 3 aliphatic heterocycles. The van der Waals surface area contributed by atoms with E-state index < -0.39 is 18.9 Å². The van der Waals surface area contributed by atoms with Gasteiger partial charge in [0.15, 0.2) is 24.0 Å². The standard InChI is InChI=1S/C37H57N7O4.C13H19F2NO.C2H6/c1-7-11-12-30(41(15-8-2)16-9-3)33(45)31(38-6)36(46)43-19-17-42(18-20-43)32-26(10-4)21-25(5)35-39-34(40-44(35)37(32)47)27-13-14-28-23-48-24-29(28)22-27;1-4-7-11(16-13(17)6-3)10(5-2)8-9-12(14)15;1-2/h13-14,22,25,36-37,45-47H,7-12,15-21,23-24H2,1-6H3;4,7-9,12H,5-6H2,1-3H3,(H,16,17);1-2H3/b33-30-,38-31?;7-4-,9-8+,11-10+;. The molecule has 3 atom stereocenters. The van der Waals surface area contributed by atoms with Gasteiger partial charge in [0.2, 0.25) is 5.91 Å². The van der Waals surface area contributed by atoms with Gasteiger partial charge in [-0.25, -0.2) is 18.4 Å². The normalized spacial score (nSPS) is 19.0. The van der Waals surface area contributed by atoms with Crippen LogP contribution < -0.4 is 5.32 Å². The van der Waals surface area contributed by atoms with Gasteiger partial charge in [0.25, 0.3) is 6.43 Å². The predicted molar refractivity (Wildman–Crippen MR) is 266 cm³/mol. The van der Waals surface area contributed by atoms with Crippen molar-refractivity contribution in [3.63, 3.8) is 0 Å². The Hall–Kier alpha value is -4.70. The first-order valence-corrected chi connectivity index (χ1v) is 24.8. The van der Waals surface area contributed by atoms with Gasteiger partial charge in [-0.2, -0.15) is 0 Å². The third-order valence-corrected chi connectivity index (χ3v) is 12.1. The van der Waals surface area contributed by atoms with Gasteiger partial charge < -0.3 is 35.2 Å². The Morgan fingerprint density at radius 2 is 1.67 bits per heavy atom. The van der Waals surface area contributed by atoms with Crippen LogP contribution in [0, 0.1) is 0 Å². The molecule has 3 unspecified atom stereocenters. The quantitative estimate of drug-likeness (QED) is 0.0574. The molecule has 374 valence electrons. The van der Waals surface area contributed by atoms with Gasteiger partial charge in [0.05, 0.1) is 24.6 Å². The number of benzene rings is 1. The Kier molecular flexibility index (Phi) is 24.7. The molecular formula is C52H82F2N8O5. The SMILES string of the molecule is CC.CCCC/C(=C(/O)C(=NC)C(O)N1CCN(C2=C(CC)CC(C)c3nc(-c4ccc5c(c4)COC5)nn3C2O)CC1)N(CCC)CCC.C\C=C/C(NC(=O)CC)=C(\C=C\C(F)F)CC. The highest BCUT2D eigenvalue weighted by Gasteiger charge is 2.36. The van der Waals surface area contributed by atoms with E-state index in [2.05, 4.69) is 66.9 Å². The Bertz CT molecular complexity index is 2040. The molecule has 5 rings (SSSR count). The number of hydrogen-bond donors (Lipinski definition) is 4. The molecule has 15 heteroatoms. The van der Waals surface area contributed by atoms with Crippen LogP contribution >= 0.6 is 0 Å². The van der Waals surface area contributed by atoms with Crippen LogP contribution in [0.15, 0.2) is 81.5 Å². The summed E-state index contributed by atoms with van der Waals surface area (Å²) in [6, 6.07) is 6.23. The van der Waals surface area contributed by atoms with E-state index in [1.54, 1.807) is 30.8 Å². The maximum atomic E-state index is 12.1. The lowest BCUT2D eigenvalue weighted by Crippen LogP contribution is -2.53. The lowest BCUT2D eigenvalue weighted by molar-refractivity contribution is -0.120. The fourth-order valence-corrected chi connectivity index (χ4v) is 8.65. The van der Waals surface area contributed by atoms with Crippen molar-refractivity contribution in [2.24, 2.45) is 4.99 Å². The zero-order valence-electron chi connectivity index (χ0n) is 42.4. The number of carbonyl (C=O) groups excluding carboxylic acids is 1. The summed E-state index contributed by atoms with van der Waals surface area (Å²) in [6.45, 7) is 25.4. The van der Waals surface area contributed by atoms with Crippen molar-refractivity contribution in [3.05, 3.63) is 93.5 Å². The number of ether oxygens (including phenoxy) is 1. The average molecular weight is 937 g/mol.